The van der Waals surface area contributed by atoms with E-state index in [-0.39, 0.29) is 0 Å². The van der Waals surface area contributed by atoms with E-state index in [0.717, 1.165) is 12.1 Å². The first kappa shape index (κ1) is 15.1. The molecule has 0 aliphatic heterocycles. The number of aryl methyl sites for hydroxylation is 1. The molecule has 1 aromatic rings. The summed E-state index contributed by atoms with van der Waals surface area (Å²) in [5, 5.41) is -9.51. The van der Waals surface area contributed by atoms with Crippen LogP contribution >= 0.6 is 11.6 Å². The van der Waals surface area contributed by atoms with Gasteiger partial charge in [0.15, 0.2) is 0 Å². The van der Waals surface area contributed by atoms with E-state index in [1.54, 1.807) is 6.92 Å². The highest BCUT2D eigenvalue weighted by Gasteiger charge is 2.57. The molecule has 0 heterocycles. The van der Waals surface area contributed by atoms with Gasteiger partial charge in [-0.2, -0.15) is 17.6 Å². The lowest BCUT2D eigenvalue weighted by Crippen LogP contribution is -2.42. The van der Waals surface area contributed by atoms with Gasteiger partial charge in [-0.1, -0.05) is 17.7 Å². The van der Waals surface area contributed by atoms with Crippen molar-refractivity contribution in [1.29, 1.82) is 0 Å². The molecular formula is C10H7ClF4O2S. The second kappa shape index (κ2) is 4.97. The molecule has 0 N–H and O–H groups in total. The molecule has 0 bridgehead atoms. The van der Waals surface area contributed by atoms with E-state index in [2.05, 4.69) is 11.6 Å². The third kappa shape index (κ3) is 3.08. The lowest BCUT2D eigenvalue weighted by atomic mass is 10.2. The number of carbonyl (C=O) groups excluding carboxylic acids is 1. The van der Waals surface area contributed by atoms with E-state index in [1.807, 2.05) is 0 Å². The van der Waals surface area contributed by atoms with Gasteiger partial charge in [0.1, 0.15) is 10.8 Å². The zero-order valence-corrected chi connectivity index (χ0v) is 10.5. The smallest absolute Gasteiger partial charge is 0.283 e. The molecule has 0 aliphatic rings. The lowest BCUT2D eigenvalue weighted by Gasteiger charge is -2.16. The Labute approximate surface area is 107 Å². The van der Waals surface area contributed by atoms with E-state index in [9.17, 15) is 26.6 Å². The fourth-order valence-electron chi connectivity index (χ4n) is 1.06. The molecule has 0 saturated heterocycles. The zero-order valence-electron chi connectivity index (χ0n) is 8.92. The summed E-state index contributed by atoms with van der Waals surface area (Å²) in [6.07, 6.45) is 0. The van der Waals surface area contributed by atoms with Crippen molar-refractivity contribution in [2.24, 2.45) is 0 Å². The maximum absolute atomic E-state index is 13.3. The van der Waals surface area contributed by atoms with Crippen LogP contribution in [0, 0.1) is 6.92 Å². The van der Waals surface area contributed by atoms with Gasteiger partial charge < -0.3 is 0 Å². The maximum atomic E-state index is 13.3. The average Bonchev–Trinajstić information content (AvgIpc) is 2.27. The predicted octanol–water partition coefficient (Wildman–Crippen LogP) is 3.10. The van der Waals surface area contributed by atoms with Crippen LogP contribution < -0.4 is 0 Å². The van der Waals surface area contributed by atoms with Crippen molar-refractivity contribution >= 4 is 28.2 Å². The summed E-state index contributed by atoms with van der Waals surface area (Å²) in [7, 11) is -3.23. The Hall–Kier alpha value is -0.950. The van der Waals surface area contributed by atoms with Gasteiger partial charge in [-0.3, -0.25) is 4.79 Å². The molecule has 0 aliphatic carbocycles. The van der Waals surface area contributed by atoms with Crippen LogP contribution in [0.15, 0.2) is 29.2 Å². The van der Waals surface area contributed by atoms with Gasteiger partial charge >= 0.3 is 10.6 Å². The van der Waals surface area contributed by atoms with Crippen LogP contribution in [0.4, 0.5) is 17.6 Å². The molecule has 1 unspecified atom stereocenters. The van der Waals surface area contributed by atoms with Gasteiger partial charge in [0, 0.05) is 4.90 Å². The molecule has 0 saturated carbocycles. The van der Waals surface area contributed by atoms with Crippen LogP contribution in [0.25, 0.3) is 0 Å². The number of halogens is 5. The number of rotatable bonds is 4. The van der Waals surface area contributed by atoms with Gasteiger partial charge in [0.2, 0.25) is 0 Å². The third-order valence-corrected chi connectivity index (χ3v) is 3.51. The topological polar surface area (TPSA) is 34.1 Å². The minimum Gasteiger partial charge on any atom is -0.283 e. The third-order valence-electron chi connectivity index (χ3n) is 1.99. The first-order chi connectivity index (χ1) is 8.06. The first-order valence-corrected chi connectivity index (χ1v) is 6.07. The second-order valence-corrected chi connectivity index (χ2v) is 5.42. The first-order valence-electron chi connectivity index (χ1n) is 4.55. The Kier molecular flexibility index (Phi) is 4.17. The fraction of sp³-hybridized carbons (Fsp3) is 0.300. The van der Waals surface area contributed by atoms with Crippen LogP contribution in [-0.4, -0.2) is 20.6 Å². The summed E-state index contributed by atoms with van der Waals surface area (Å²) in [6.45, 7) is 1.66. The van der Waals surface area contributed by atoms with Crippen molar-refractivity contribution in [3.63, 3.8) is 0 Å². The molecule has 0 amide bonds. The van der Waals surface area contributed by atoms with E-state index in [1.165, 1.54) is 12.1 Å². The van der Waals surface area contributed by atoms with Crippen molar-refractivity contribution in [2.45, 2.75) is 22.5 Å². The molecule has 2 nitrogen and oxygen atoms in total. The van der Waals surface area contributed by atoms with Crippen LogP contribution in [0.5, 0.6) is 0 Å². The van der Waals surface area contributed by atoms with Crippen molar-refractivity contribution in [3.8, 4) is 0 Å². The van der Waals surface area contributed by atoms with Crippen molar-refractivity contribution in [2.75, 3.05) is 0 Å². The van der Waals surface area contributed by atoms with Crippen molar-refractivity contribution in [1.82, 2.24) is 0 Å². The van der Waals surface area contributed by atoms with Gasteiger partial charge in [-0.05, 0) is 30.7 Å². The summed E-state index contributed by atoms with van der Waals surface area (Å²) in [5.41, 5.74) is 0.702. The van der Waals surface area contributed by atoms with Crippen LogP contribution in [-0.2, 0) is 15.6 Å². The molecule has 100 valence electrons. The summed E-state index contributed by atoms with van der Waals surface area (Å²) in [4.78, 5) is 10.3. The number of alkyl halides is 5. The molecule has 0 aromatic heterocycles. The Morgan fingerprint density at radius 3 is 2.00 bits per heavy atom. The van der Waals surface area contributed by atoms with Gasteiger partial charge in [-0.25, -0.2) is 4.21 Å². The molecule has 1 atom stereocenters. The summed E-state index contributed by atoms with van der Waals surface area (Å²) >= 11 is 4.23. The Bertz CT molecular complexity index is 482. The van der Waals surface area contributed by atoms with Crippen LogP contribution in [0.3, 0.4) is 0 Å². The van der Waals surface area contributed by atoms with E-state index in [0.29, 0.717) is 5.56 Å². The van der Waals surface area contributed by atoms with Crippen molar-refractivity contribution in [3.05, 3.63) is 29.8 Å². The fourth-order valence-corrected chi connectivity index (χ4v) is 2.21. The molecule has 1 rings (SSSR count). The highest BCUT2D eigenvalue weighted by Crippen LogP contribution is 2.34. The molecule has 0 spiro atoms. The summed E-state index contributed by atoms with van der Waals surface area (Å²) < 4.78 is 62.7. The average molecular weight is 303 g/mol. The quantitative estimate of drug-likeness (QED) is 0.632. The summed E-state index contributed by atoms with van der Waals surface area (Å²) in [6, 6.07) is 4.87. The maximum Gasteiger partial charge on any atom is 0.390 e. The van der Waals surface area contributed by atoms with Gasteiger partial charge in [0.05, 0.1) is 0 Å². The zero-order chi connectivity index (χ0) is 14.1. The SMILES string of the molecule is Cc1ccc(S(=O)C(F)(F)C(=O)C(F)(F)Cl)cc1. The van der Waals surface area contributed by atoms with Gasteiger partial charge in [-0.15, -0.1) is 0 Å². The molecule has 0 radical (unpaired) electrons. The van der Waals surface area contributed by atoms with Crippen LogP contribution in [0.2, 0.25) is 0 Å². The van der Waals surface area contributed by atoms with E-state index in [4.69, 9.17) is 0 Å². The number of carbonyl (C=O) groups is 1. The number of hydrogen-bond acceptors (Lipinski definition) is 2. The molecule has 18 heavy (non-hydrogen) atoms. The number of Topliss-reactive ketones (excluding diaryl/α,β-unsaturated/α-hetero) is 1. The molecule has 8 heteroatoms. The normalized spacial score (nSPS) is 14.3. The standard InChI is InChI=1S/C10H7ClF4O2S/c1-6-2-4-7(5-3-6)18(17)10(14,15)8(16)9(11,12)13/h2-5H,1H3. The van der Waals surface area contributed by atoms with Crippen LogP contribution in [0.1, 0.15) is 5.56 Å². The second-order valence-electron chi connectivity index (χ2n) is 3.43. The largest absolute Gasteiger partial charge is 0.390 e. The predicted molar refractivity (Wildman–Crippen MR) is 58.3 cm³/mol. The highest BCUT2D eigenvalue weighted by molar-refractivity contribution is 7.87. The van der Waals surface area contributed by atoms with E-state index < -0.39 is 32.1 Å². The number of ketones is 1. The van der Waals surface area contributed by atoms with Crippen molar-refractivity contribution < 1.29 is 26.6 Å². The molecular weight excluding hydrogens is 296 g/mol. The number of benzene rings is 1. The summed E-state index contributed by atoms with van der Waals surface area (Å²) in [5.74, 6) is -2.88. The minimum absolute atomic E-state index is 0.431. The molecule has 1 aromatic carbocycles. The van der Waals surface area contributed by atoms with E-state index >= 15 is 0 Å². The Morgan fingerprint density at radius 1 is 1.17 bits per heavy atom. The monoisotopic (exact) mass is 302 g/mol. The molecule has 0 fully saturated rings. The minimum atomic E-state index is -4.76. The number of hydrogen-bond donors (Lipinski definition) is 0. The highest BCUT2D eigenvalue weighted by atomic mass is 35.5. The lowest BCUT2D eigenvalue weighted by molar-refractivity contribution is -0.148. The Morgan fingerprint density at radius 2 is 1.61 bits per heavy atom. The Balaban J connectivity index is 3.09. The van der Waals surface area contributed by atoms with Gasteiger partial charge in [0.25, 0.3) is 5.78 Å².